The van der Waals surface area contributed by atoms with Gasteiger partial charge in [-0.3, -0.25) is 4.79 Å². The number of carbonyl (C=O) groups is 1. The molecule has 2 rings (SSSR count). The zero-order valence-corrected chi connectivity index (χ0v) is 19.5. The zero-order valence-electron chi connectivity index (χ0n) is 11.5. The lowest BCUT2D eigenvalue weighted by Crippen LogP contribution is -2.16. The van der Waals surface area contributed by atoms with Crippen molar-refractivity contribution in [3.8, 4) is 0 Å². The molecule has 0 aromatic carbocycles. The molecule has 0 saturated heterocycles. The number of hydrogen-bond donors (Lipinski definition) is 0. The molecule has 120 valence electrons. The minimum Gasteiger partial charge on any atom is -0.466 e. The fourth-order valence-corrected chi connectivity index (χ4v) is 7.97. The number of ether oxygens (including phenoxy) is 1. The first-order chi connectivity index (χ1) is 10.4. The van der Waals surface area contributed by atoms with Gasteiger partial charge in [-0.25, -0.2) is 0 Å². The summed E-state index contributed by atoms with van der Waals surface area (Å²) < 4.78 is 9.42. The lowest BCUT2D eigenvalue weighted by molar-refractivity contribution is -0.145. The van der Waals surface area contributed by atoms with E-state index >= 15 is 0 Å². The van der Waals surface area contributed by atoms with Gasteiger partial charge in [-0.05, 0) is 107 Å². The fourth-order valence-electron chi connectivity index (χ4n) is 2.08. The Balaban J connectivity index is 2.20. The highest BCUT2D eigenvalue weighted by Crippen LogP contribution is 2.40. The third kappa shape index (κ3) is 4.89. The summed E-state index contributed by atoms with van der Waals surface area (Å²) >= 11 is 17.3. The Morgan fingerprint density at radius 3 is 2.27 bits per heavy atom. The van der Waals surface area contributed by atoms with Crippen LogP contribution in [0.15, 0.2) is 27.3 Å². The van der Waals surface area contributed by atoms with Crippen LogP contribution in [0.25, 0.3) is 0 Å². The van der Waals surface area contributed by atoms with E-state index in [4.69, 9.17) is 4.74 Å². The molecule has 1 unspecified atom stereocenters. The minimum absolute atomic E-state index is 0.168. The van der Waals surface area contributed by atoms with Gasteiger partial charge in [0.1, 0.15) is 0 Å². The van der Waals surface area contributed by atoms with Gasteiger partial charge in [0, 0.05) is 0 Å². The van der Waals surface area contributed by atoms with Crippen LogP contribution < -0.4 is 0 Å². The molecule has 0 amide bonds. The van der Waals surface area contributed by atoms with Crippen molar-refractivity contribution in [2.75, 3.05) is 6.61 Å². The Morgan fingerprint density at radius 2 is 1.77 bits per heavy atom. The van der Waals surface area contributed by atoms with Gasteiger partial charge in [0.25, 0.3) is 0 Å². The Kier molecular flexibility index (Phi) is 7.61. The van der Waals surface area contributed by atoms with Crippen LogP contribution in [0.4, 0.5) is 0 Å². The van der Waals surface area contributed by atoms with Crippen molar-refractivity contribution in [1.82, 2.24) is 0 Å². The number of aryl methyl sites for hydroxylation is 1. The molecule has 0 spiro atoms. The number of rotatable bonds is 6. The molecule has 1 atom stereocenters. The van der Waals surface area contributed by atoms with Crippen LogP contribution in [0.3, 0.4) is 0 Å². The number of esters is 1. The first kappa shape index (κ1) is 19.1. The SMILES string of the molecule is CCOC(=O)C(CCc1cc(Br)sc1Br)c1cc(Br)sc1Br. The standard InChI is InChI=1S/C14H12Br4O2S2/c1-2-20-14(19)8(9-6-11(16)22-13(9)18)4-3-7-5-10(15)21-12(7)17/h5-6,8H,2-4H2,1H3. The zero-order chi connectivity index (χ0) is 16.3. The number of hydrogen-bond acceptors (Lipinski definition) is 4. The first-order valence-corrected chi connectivity index (χ1v) is 11.3. The van der Waals surface area contributed by atoms with Gasteiger partial charge in [-0.15, -0.1) is 22.7 Å². The number of thiophene rings is 2. The van der Waals surface area contributed by atoms with Gasteiger partial charge in [0.2, 0.25) is 0 Å². The van der Waals surface area contributed by atoms with Gasteiger partial charge >= 0.3 is 5.97 Å². The van der Waals surface area contributed by atoms with Crippen molar-refractivity contribution < 1.29 is 9.53 Å². The minimum atomic E-state index is -0.262. The van der Waals surface area contributed by atoms with E-state index in [0.717, 1.165) is 27.1 Å². The van der Waals surface area contributed by atoms with Crippen LogP contribution in [0.2, 0.25) is 0 Å². The Labute approximate surface area is 171 Å². The summed E-state index contributed by atoms with van der Waals surface area (Å²) in [5.74, 6) is -0.429. The monoisotopic (exact) mass is 592 g/mol. The molecule has 0 aliphatic carbocycles. The van der Waals surface area contributed by atoms with E-state index in [2.05, 4.69) is 69.8 Å². The third-order valence-corrected chi connectivity index (χ3v) is 7.91. The predicted octanol–water partition coefficient (Wildman–Crippen LogP) is 7.14. The molecule has 2 aromatic heterocycles. The normalized spacial score (nSPS) is 12.4. The summed E-state index contributed by atoms with van der Waals surface area (Å²) in [6.45, 7) is 2.23. The van der Waals surface area contributed by atoms with Crippen molar-refractivity contribution in [3.05, 3.63) is 38.4 Å². The molecule has 22 heavy (non-hydrogen) atoms. The topological polar surface area (TPSA) is 26.3 Å². The van der Waals surface area contributed by atoms with Crippen LogP contribution >= 0.6 is 86.4 Å². The largest absolute Gasteiger partial charge is 0.466 e. The summed E-state index contributed by atoms with van der Waals surface area (Å²) in [6.07, 6.45) is 1.52. The highest BCUT2D eigenvalue weighted by Gasteiger charge is 2.26. The maximum absolute atomic E-state index is 12.3. The second-order valence-electron chi connectivity index (χ2n) is 4.47. The molecule has 0 aliphatic rings. The summed E-state index contributed by atoms with van der Waals surface area (Å²) in [5.41, 5.74) is 2.19. The third-order valence-electron chi connectivity index (χ3n) is 3.06. The van der Waals surface area contributed by atoms with Gasteiger partial charge in [-0.2, -0.15) is 0 Å². The van der Waals surface area contributed by atoms with E-state index < -0.39 is 0 Å². The molecule has 0 bridgehead atoms. The molecule has 2 aromatic rings. The lowest BCUT2D eigenvalue weighted by atomic mass is 9.95. The van der Waals surface area contributed by atoms with Crippen LogP contribution in [-0.2, 0) is 16.0 Å². The summed E-state index contributed by atoms with van der Waals surface area (Å²) in [7, 11) is 0. The Morgan fingerprint density at radius 1 is 1.14 bits per heavy atom. The average molecular weight is 596 g/mol. The van der Waals surface area contributed by atoms with Gasteiger partial charge < -0.3 is 4.74 Å². The molecule has 0 N–H and O–H groups in total. The Hall–Kier alpha value is 0.790. The molecule has 0 aliphatic heterocycles. The smallest absolute Gasteiger partial charge is 0.313 e. The summed E-state index contributed by atoms with van der Waals surface area (Å²) in [4.78, 5) is 12.3. The number of halogens is 4. The van der Waals surface area contributed by atoms with Gasteiger partial charge in [-0.1, -0.05) is 0 Å². The Bertz CT molecular complexity index is 666. The fraction of sp³-hybridized carbons (Fsp3) is 0.357. The molecule has 2 heterocycles. The highest BCUT2D eigenvalue weighted by atomic mass is 79.9. The first-order valence-electron chi connectivity index (χ1n) is 6.47. The van der Waals surface area contributed by atoms with E-state index in [1.165, 1.54) is 5.56 Å². The van der Waals surface area contributed by atoms with Gasteiger partial charge in [0.15, 0.2) is 0 Å². The van der Waals surface area contributed by atoms with E-state index in [-0.39, 0.29) is 11.9 Å². The highest BCUT2D eigenvalue weighted by molar-refractivity contribution is 9.12. The van der Waals surface area contributed by atoms with Crippen LogP contribution in [0, 0.1) is 0 Å². The summed E-state index contributed by atoms with van der Waals surface area (Å²) in [5, 5.41) is 0. The van der Waals surface area contributed by atoms with Crippen molar-refractivity contribution in [2.24, 2.45) is 0 Å². The van der Waals surface area contributed by atoms with Crippen LogP contribution in [0.5, 0.6) is 0 Å². The quantitative estimate of drug-likeness (QED) is 0.332. The van der Waals surface area contributed by atoms with E-state index in [1.54, 1.807) is 22.7 Å². The molecule has 8 heteroatoms. The predicted molar refractivity (Wildman–Crippen MR) is 107 cm³/mol. The maximum Gasteiger partial charge on any atom is 0.313 e. The second kappa shape index (κ2) is 8.76. The average Bonchev–Trinajstić information content (AvgIpc) is 2.92. The van der Waals surface area contributed by atoms with Crippen molar-refractivity contribution in [3.63, 3.8) is 0 Å². The van der Waals surface area contributed by atoms with Crippen molar-refractivity contribution in [1.29, 1.82) is 0 Å². The molecular formula is C14H12Br4O2S2. The van der Waals surface area contributed by atoms with Crippen molar-refractivity contribution in [2.45, 2.75) is 25.7 Å². The molecule has 2 nitrogen and oxygen atoms in total. The van der Waals surface area contributed by atoms with Crippen LogP contribution in [-0.4, -0.2) is 12.6 Å². The second-order valence-corrected chi connectivity index (χ2v) is 12.0. The van der Waals surface area contributed by atoms with E-state index in [1.807, 2.05) is 13.0 Å². The van der Waals surface area contributed by atoms with Crippen molar-refractivity contribution >= 4 is 92.4 Å². The maximum atomic E-state index is 12.3. The molecule has 0 radical (unpaired) electrons. The van der Waals surface area contributed by atoms with E-state index in [0.29, 0.717) is 13.0 Å². The molecular weight excluding hydrogens is 584 g/mol. The number of carbonyl (C=O) groups excluding carboxylic acids is 1. The molecule has 0 saturated carbocycles. The van der Waals surface area contributed by atoms with Gasteiger partial charge in [0.05, 0.1) is 27.7 Å². The molecule has 0 fully saturated rings. The van der Waals surface area contributed by atoms with Crippen LogP contribution in [0.1, 0.15) is 30.4 Å². The lowest BCUT2D eigenvalue weighted by Gasteiger charge is -2.15. The summed E-state index contributed by atoms with van der Waals surface area (Å²) in [6, 6.07) is 4.09. The van der Waals surface area contributed by atoms with E-state index in [9.17, 15) is 4.79 Å².